The van der Waals surface area contributed by atoms with Crippen molar-refractivity contribution in [3.63, 3.8) is 0 Å². The third kappa shape index (κ3) is 20.1. The Labute approximate surface area is 436 Å². The third-order valence-corrected chi connectivity index (χ3v) is 14.5. The molecule has 20 unspecified atom stereocenters. The molecule has 0 rings (SSSR count). The Bertz CT molecular complexity index is 1440. The summed E-state index contributed by atoms with van der Waals surface area (Å²) >= 11 is 5.10. The highest BCUT2D eigenvalue weighted by Crippen LogP contribution is 2.28. The number of carbonyl (C=O) groups excluding carboxylic acids is 2. The van der Waals surface area contributed by atoms with E-state index in [9.17, 15) is 111 Å². The fourth-order valence-corrected chi connectivity index (χ4v) is 9.07. The van der Waals surface area contributed by atoms with Crippen LogP contribution in [0.5, 0.6) is 0 Å². The summed E-state index contributed by atoms with van der Waals surface area (Å²) in [4.78, 5) is 52.3. The van der Waals surface area contributed by atoms with E-state index in [1.54, 1.807) is 0 Å². The minimum absolute atomic E-state index is 0.256. The molecule has 0 aromatic rings. The second-order valence-electron chi connectivity index (χ2n) is 14.1. The molecule has 33 heteroatoms. The average molecular weight is 1440 g/mol. The molecule has 0 spiro atoms. The number of nitrogens with zero attached hydrogens (tertiary/aromatic N) is 2. The van der Waals surface area contributed by atoms with Crippen molar-refractivity contribution in [1.82, 2.24) is 9.80 Å². The lowest BCUT2D eigenvalue weighted by atomic mass is 10.0. The van der Waals surface area contributed by atoms with E-state index in [0.29, 0.717) is 0 Å². The summed E-state index contributed by atoms with van der Waals surface area (Å²) in [6, 6.07) is 0. The molecule has 18 N–H and O–H groups in total. The number of aliphatic carboxylic acids is 2. The third-order valence-electron chi connectivity index (χ3n) is 9.52. The molecule has 0 aliphatic heterocycles. The lowest BCUT2D eigenvalue weighted by Gasteiger charge is -2.38. The van der Waals surface area contributed by atoms with Crippen LogP contribution in [0, 0.1) is 0 Å². The van der Waals surface area contributed by atoms with Crippen molar-refractivity contribution < 1.29 is 135 Å². The van der Waals surface area contributed by atoms with Gasteiger partial charge in [0.05, 0.1) is 26.4 Å². The molecule has 0 aromatic carbocycles. The molecule has 396 valence electrons. The molecule has 0 saturated heterocycles. The standard InChI is InChI=1S/C34H60I4N2O27/c1-63-23(11(35)27(53)39(3-7-41)4-8-42)15(45)20(50)32(60)67-26(14(38)30(57)58)18(48)22(52)33(61)65-24(12(36)28(54)40(5-9-43)6-10-44)17(47)21(51)34(62)66-25(13(37)29(55)56)16(46)19(49)31(59)64-2/h11-26,31-34,41-52,59-62H,3-10H2,1-2H3,(H,55,56)(H,57,58). The molecule has 29 nitrogen and oxygen atoms in total. The summed E-state index contributed by atoms with van der Waals surface area (Å²) in [6.07, 6.45) is -39.7. The van der Waals surface area contributed by atoms with Crippen molar-refractivity contribution in [3.8, 4) is 0 Å². The van der Waals surface area contributed by atoms with Crippen LogP contribution in [0.1, 0.15) is 0 Å². The Morgan fingerprint density at radius 2 is 0.627 bits per heavy atom. The average Bonchev–Trinajstić information content (AvgIpc) is 3.30. The molecule has 0 heterocycles. The Kier molecular flexibility index (Phi) is 33.6. The molecule has 67 heavy (non-hydrogen) atoms. The van der Waals surface area contributed by atoms with Crippen LogP contribution in [0.4, 0.5) is 0 Å². The first-order valence-electron chi connectivity index (χ1n) is 19.4. The van der Waals surface area contributed by atoms with Crippen LogP contribution in [0.15, 0.2) is 0 Å². The maximum absolute atomic E-state index is 13.6. The van der Waals surface area contributed by atoms with Gasteiger partial charge in [0.2, 0.25) is 11.8 Å². The SMILES string of the molecule is COC(O)C(O)C(O)C(OC(O)C(O)C(O)C(OC(O)C(O)C(O)C(OC(O)C(O)C(O)C(OC)C(I)C(=O)N(CCO)CCO)C(I)C(=O)O)C(I)C(=O)N(CCO)CCO)C(I)C(=O)O. The zero-order chi connectivity index (χ0) is 52.2. The number of carboxylic acid groups (broad SMARTS) is 2. The van der Waals surface area contributed by atoms with E-state index in [1.165, 1.54) is 67.8 Å². The van der Waals surface area contributed by atoms with Gasteiger partial charge in [-0.1, -0.05) is 90.4 Å². The number of halogens is 4. The molecule has 20 atom stereocenters. The van der Waals surface area contributed by atoms with Gasteiger partial charge >= 0.3 is 11.9 Å². The van der Waals surface area contributed by atoms with Gasteiger partial charge in [0, 0.05) is 40.4 Å². The first-order valence-corrected chi connectivity index (χ1v) is 24.4. The van der Waals surface area contributed by atoms with Crippen LogP contribution in [-0.2, 0) is 42.9 Å². The number of carboxylic acids is 2. The molecule has 0 saturated carbocycles. The Morgan fingerprint density at radius 1 is 0.388 bits per heavy atom. The number of rotatable bonds is 36. The summed E-state index contributed by atoms with van der Waals surface area (Å²) in [6.45, 7) is -3.90. The first-order chi connectivity index (χ1) is 31.2. The first kappa shape index (κ1) is 67.0. The van der Waals surface area contributed by atoms with Gasteiger partial charge < -0.3 is 125 Å². The lowest BCUT2D eigenvalue weighted by molar-refractivity contribution is -0.277. The number of ether oxygens (including phenoxy) is 5. The van der Waals surface area contributed by atoms with Crippen LogP contribution >= 0.6 is 90.4 Å². The molecule has 0 fully saturated rings. The topological polar surface area (TPSA) is 485 Å². The van der Waals surface area contributed by atoms with Gasteiger partial charge in [-0.2, -0.15) is 0 Å². The highest BCUT2D eigenvalue weighted by Gasteiger charge is 2.49. The smallest absolute Gasteiger partial charge is 0.319 e. The molecular formula is C34H60I4N2O27. The predicted octanol–water partition coefficient (Wildman–Crippen LogP) is -9.03. The summed E-state index contributed by atoms with van der Waals surface area (Å²) in [5, 5.41) is 187. The maximum Gasteiger partial charge on any atom is 0.319 e. The summed E-state index contributed by atoms with van der Waals surface area (Å²) < 4.78 is 18.1. The minimum atomic E-state index is -2.90. The van der Waals surface area contributed by atoms with Crippen molar-refractivity contribution in [2.75, 3.05) is 66.8 Å². The zero-order valence-electron chi connectivity index (χ0n) is 35.3. The van der Waals surface area contributed by atoms with Gasteiger partial charge in [0.1, 0.15) is 88.9 Å². The van der Waals surface area contributed by atoms with E-state index in [-0.39, 0.29) is 13.1 Å². The second kappa shape index (κ2) is 33.6. The molecule has 0 bridgehead atoms. The van der Waals surface area contributed by atoms with Crippen molar-refractivity contribution in [2.45, 2.75) is 114 Å². The molecule has 0 aromatic heterocycles. The molecule has 2 amide bonds. The maximum atomic E-state index is 13.6. The summed E-state index contributed by atoms with van der Waals surface area (Å²) in [5.74, 6) is -5.48. The van der Waals surface area contributed by atoms with E-state index >= 15 is 0 Å². The highest BCUT2D eigenvalue weighted by molar-refractivity contribution is 14.1. The van der Waals surface area contributed by atoms with Crippen LogP contribution in [0.25, 0.3) is 0 Å². The number of hydrogen-bond acceptors (Lipinski definition) is 25. The molecule has 0 radical (unpaired) electrons. The fraction of sp³-hybridized carbons (Fsp3) is 0.882. The van der Waals surface area contributed by atoms with Crippen LogP contribution in [-0.4, -0.2) is 306 Å². The zero-order valence-corrected chi connectivity index (χ0v) is 44.0. The Morgan fingerprint density at radius 3 is 0.866 bits per heavy atom. The van der Waals surface area contributed by atoms with Gasteiger partial charge in [-0.25, -0.2) is 0 Å². The van der Waals surface area contributed by atoms with E-state index < -0.39 is 177 Å². The van der Waals surface area contributed by atoms with Gasteiger partial charge in [-0.15, -0.1) is 0 Å². The monoisotopic (exact) mass is 1440 g/mol. The van der Waals surface area contributed by atoms with E-state index in [4.69, 9.17) is 18.9 Å². The minimum Gasteiger partial charge on any atom is -0.480 e. The van der Waals surface area contributed by atoms with Crippen molar-refractivity contribution in [2.24, 2.45) is 0 Å². The van der Waals surface area contributed by atoms with E-state index in [1.807, 2.05) is 0 Å². The van der Waals surface area contributed by atoms with Crippen molar-refractivity contribution in [3.05, 3.63) is 0 Å². The summed E-state index contributed by atoms with van der Waals surface area (Å²) in [7, 11) is 1.89. The largest absolute Gasteiger partial charge is 0.480 e. The predicted molar refractivity (Wildman–Crippen MR) is 253 cm³/mol. The Hall–Kier alpha value is -0.0400. The van der Waals surface area contributed by atoms with Gasteiger partial charge in [-0.3, -0.25) is 19.2 Å². The Balaban J connectivity index is 6.94. The number of aliphatic hydroxyl groups excluding tert-OH is 16. The van der Waals surface area contributed by atoms with E-state index in [2.05, 4.69) is 4.74 Å². The van der Waals surface area contributed by atoms with Gasteiger partial charge in [0.15, 0.2) is 25.2 Å². The number of amides is 2. The number of alkyl halides is 4. The normalized spacial score (nSPS) is 21.2. The fourth-order valence-electron chi connectivity index (χ4n) is 5.77. The van der Waals surface area contributed by atoms with Gasteiger partial charge in [-0.05, 0) is 0 Å². The number of hydrogen-bond donors (Lipinski definition) is 18. The highest BCUT2D eigenvalue weighted by atomic mass is 127. The van der Waals surface area contributed by atoms with Crippen molar-refractivity contribution in [1.29, 1.82) is 0 Å². The lowest BCUT2D eigenvalue weighted by Crippen LogP contribution is -2.59. The van der Waals surface area contributed by atoms with E-state index in [0.717, 1.165) is 46.6 Å². The van der Waals surface area contributed by atoms with Crippen molar-refractivity contribution >= 4 is 114 Å². The second-order valence-corrected chi connectivity index (χ2v) is 19.4. The molecule has 0 aliphatic rings. The van der Waals surface area contributed by atoms with Crippen LogP contribution in [0.3, 0.4) is 0 Å². The van der Waals surface area contributed by atoms with Gasteiger partial charge in [0.25, 0.3) is 0 Å². The number of aliphatic hydroxyl groups is 16. The van der Waals surface area contributed by atoms with Crippen LogP contribution in [0.2, 0.25) is 0 Å². The quantitative estimate of drug-likeness (QED) is 0.0157. The summed E-state index contributed by atoms with van der Waals surface area (Å²) in [5.41, 5.74) is 0. The van der Waals surface area contributed by atoms with Crippen LogP contribution < -0.4 is 0 Å². The molecule has 0 aliphatic carbocycles. The molecular weight excluding hydrogens is 1380 g/mol. The number of methoxy groups -OCH3 is 2. The number of carbonyl (C=O) groups is 4.